The molecular formula is C18H24N8S. The van der Waals surface area contributed by atoms with Gasteiger partial charge in [-0.3, -0.25) is 5.32 Å². The van der Waals surface area contributed by atoms with Gasteiger partial charge in [-0.15, -0.1) is 11.8 Å². The maximum absolute atomic E-state index is 4.65. The molecule has 27 heavy (non-hydrogen) atoms. The Bertz CT molecular complexity index is 819. The molecule has 1 atom stereocenters. The minimum atomic E-state index is 0.337. The van der Waals surface area contributed by atoms with E-state index in [1.807, 2.05) is 13.0 Å². The van der Waals surface area contributed by atoms with Gasteiger partial charge >= 0.3 is 0 Å². The fraction of sp³-hybridized carbons (Fsp3) is 0.500. The number of hydrogen-bond donors (Lipinski definition) is 1. The SMILES string of the molecule is CCc1nc(Nc2nccc(C3C=CSC3)n2)nc(N2CCN(C)CC2)n1. The summed E-state index contributed by atoms with van der Waals surface area (Å²) in [4.78, 5) is 27.3. The van der Waals surface area contributed by atoms with Gasteiger partial charge in [-0.2, -0.15) is 15.0 Å². The third-order valence-corrected chi connectivity index (χ3v) is 5.64. The summed E-state index contributed by atoms with van der Waals surface area (Å²) in [6.07, 6.45) is 4.72. The highest BCUT2D eigenvalue weighted by Gasteiger charge is 2.19. The largest absolute Gasteiger partial charge is 0.338 e. The Hall–Kier alpha value is -2.26. The zero-order valence-corrected chi connectivity index (χ0v) is 16.5. The molecule has 142 valence electrons. The second kappa shape index (κ2) is 8.18. The fourth-order valence-electron chi connectivity index (χ4n) is 3.06. The van der Waals surface area contributed by atoms with E-state index >= 15 is 0 Å². The maximum Gasteiger partial charge on any atom is 0.234 e. The zero-order valence-electron chi connectivity index (χ0n) is 15.7. The molecule has 0 amide bonds. The van der Waals surface area contributed by atoms with Crippen LogP contribution in [-0.2, 0) is 6.42 Å². The van der Waals surface area contributed by atoms with Crippen molar-refractivity contribution in [3.8, 4) is 0 Å². The van der Waals surface area contributed by atoms with Crippen molar-refractivity contribution in [1.82, 2.24) is 29.8 Å². The lowest BCUT2D eigenvalue weighted by Crippen LogP contribution is -2.45. The van der Waals surface area contributed by atoms with Gasteiger partial charge in [0, 0.05) is 50.5 Å². The Morgan fingerprint density at radius 1 is 1.11 bits per heavy atom. The van der Waals surface area contributed by atoms with Crippen LogP contribution in [0.5, 0.6) is 0 Å². The molecule has 1 fully saturated rings. The highest BCUT2D eigenvalue weighted by Crippen LogP contribution is 2.28. The molecule has 0 aromatic carbocycles. The number of aryl methyl sites for hydroxylation is 1. The normalized spacial score (nSPS) is 20.2. The molecule has 2 aromatic heterocycles. The second-order valence-corrected chi connectivity index (χ2v) is 7.66. The van der Waals surface area contributed by atoms with E-state index in [9.17, 15) is 0 Å². The molecule has 2 aliphatic heterocycles. The van der Waals surface area contributed by atoms with Crippen LogP contribution in [0.1, 0.15) is 24.4 Å². The van der Waals surface area contributed by atoms with Crippen LogP contribution in [0.15, 0.2) is 23.7 Å². The lowest BCUT2D eigenvalue weighted by atomic mass is 10.1. The molecular weight excluding hydrogens is 360 g/mol. The maximum atomic E-state index is 4.65. The molecule has 0 spiro atoms. The molecule has 9 heteroatoms. The number of aromatic nitrogens is 5. The van der Waals surface area contributed by atoms with E-state index in [4.69, 9.17) is 0 Å². The van der Waals surface area contributed by atoms with Crippen molar-refractivity contribution in [2.24, 2.45) is 0 Å². The third-order valence-electron chi connectivity index (χ3n) is 4.74. The first-order valence-electron chi connectivity index (χ1n) is 9.28. The van der Waals surface area contributed by atoms with Gasteiger partial charge in [-0.1, -0.05) is 13.0 Å². The molecule has 0 bridgehead atoms. The number of piperazine rings is 1. The van der Waals surface area contributed by atoms with E-state index in [0.29, 0.717) is 17.8 Å². The summed E-state index contributed by atoms with van der Waals surface area (Å²) in [6, 6.07) is 1.96. The smallest absolute Gasteiger partial charge is 0.234 e. The molecule has 1 N–H and O–H groups in total. The molecule has 8 nitrogen and oxygen atoms in total. The number of likely N-dealkylation sites (N-methyl/N-ethyl adjacent to an activating group) is 1. The van der Waals surface area contributed by atoms with Gasteiger partial charge < -0.3 is 9.80 Å². The lowest BCUT2D eigenvalue weighted by molar-refractivity contribution is 0.311. The van der Waals surface area contributed by atoms with E-state index in [2.05, 4.69) is 58.6 Å². The predicted octanol–water partition coefficient (Wildman–Crippen LogP) is 2.06. The van der Waals surface area contributed by atoms with Crippen molar-refractivity contribution < 1.29 is 0 Å². The zero-order chi connectivity index (χ0) is 18.6. The minimum Gasteiger partial charge on any atom is -0.338 e. The van der Waals surface area contributed by atoms with Crippen molar-refractivity contribution in [3.63, 3.8) is 0 Å². The molecule has 1 unspecified atom stereocenters. The molecule has 0 radical (unpaired) electrons. The minimum absolute atomic E-state index is 0.337. The highest BCUT2D eigenvalue weighted by atomic mass is 32.2. The number of nitrogens with one attached hydrogen (secondary N) is 1. The summed E-state index contributed by atoms with van der Waals surface area (Å²) < 4.78 is 0. The van der Waals surface area contributed by atoms with Crippen LogP contribution in [0.2, 0.25) is 0 Å². The van der Waals surface area contributed by atoms with Crippen molar-refractivity contribution in [2.45, 2.75) is 19.3 Å². The van der Waals surface area contributed by atoms with Gasteiger partial charge in [0.15, 0.2) is 0 Å². The summed E-state index contributed by atoms with van der Waals surface area (Å²) >= 11 is 1.81. The lowest BCUT2D eigenvalue weighted by Gasteiger charge is -2.32. The second-order valence-electron chi connectivity index (χ2n) is 6.72. The van der Waals surface area contributed by atoms with Gasteiger partial charge in [0.25, 0.3) is 0 Å². The van der Waals surface area contributed by atoms with Crippen LogP contribution in [-0.4, -0.2) is 68.8 Å². The fourth-order valence-corrected chi connectivity index (χ4v) is 3.96. The summed E-state index contributed by atoms with van der Waals surface area (Å²) in [5.74, 6) is 3.88. The number of nitrogens with zero attached hydrogens (tertiary/aromatic N) is 7. The predicted molar refractivity (Wildman–Crippen MR) is 109 cm³/mol. The first kappa shape index (κ1) is 18.1. The van der Waals surface area contributed by atoms with Crippen LogP contribution < -0.4 is 10.2 Å². The Morgan fingerprint density at radius 2 is 1.96 bits per heavy atom. The van der Waals surface area contributed by atoms with Gasteiger partial charge in [0.1, 0.15) is 5.82 Å². The van der Waals surface area contributed by atoms with Gasteiger partial charge in [-0.05, 0) is 18.5 Å². The number of thioether (sulfide) groups is 1. The molecule has 1 saturated heterocycles. The van der Waals surface area contributed by atoms with Crippen LogP contribution in [0, 0.1) is 0 Å². The van der Waals surface area contributed by atoms with E-state index in [-0.39, 0.29) is 0 Å². The first-order valence-corrected chi connectivity index (χ1v) is 10.3. The summed E-state index contributed by atoms with van der Waals surface area (Å²) in [5, 5.41) is 5.31. The summed E-state index contributed by atoms with van der Waals surface area (Å²) in [7, 11) is 2.14. The molecule has 4 heterocycles. The topological polar surface area (TPSA) is 83.0 Å². The average Bonchev–Trinajstić information content (AvgIpc) is 3.23. The number of hydrogen-bond acceptors (Lipinski definition) is 9. The van der Waals surface area contributed by atoms with E-state index < -0.39 is 0 Å². The van der Waals surface area contributed by atoms with Gasteiger partial charge in [0.2, 0.25) is 17.8 Å². The molecule has 0 saturated carbocycles. The first-order chi connectivity index (χ1) is 13.2. The molecule has 4 rings (SSSR count). The van der Waals surface area contributed by atoms with Crippen LogP contribution in [0.4, 0.5) is 17.8 Å². The number of allylic oxidation sites excluding steroid dienone is 1. The standard InChI is InChI=1S/C18H24N8S/c1-3-15-21-17(24-18(22-15)26-9-7-25(2)8-10-26)23-16-19-6-4-14(20-16)13-5-11-27-12-13/h4-6,11,13H,3,7-10,12H2,1-2H3,(H,19,20,21,22,23,24). The number of anilines is 3. The van der Waals surface area contributed by atoms with Crippen molar-refractivity contribution in [2.75, 3.05) is 49.2 Å². The third kappa shape index (κ3) is 4.36. The number of rotatable bonds is 5. The van der Waals surface area contributed by atoms with Crippen LogP contribution in [0.25, 0.3) is 0 Å². The monoisotopic (exact) mass is 384 g/mol. The molecule has 0 aliphatic carbocycles. The average molecular weight is 385 g/mol. The van der Waals surface area contributed by atoms with E-state index in [0.717, 1.165) is 55.8 Å². The van der Waals surface area contributed by atoms with Gasteiger partial charge in [-0.25, -0.2) is 9.97 Å². The quantitative estimate of drug-likeness (QED) is 0.833. The Balaban J connectivity index is 1.55. The van der Waals surface area contributed by atoms with Crippen molar-refractivity contribution in [3.05, 3.63) is 35.3 Å². The van der Waals surface area contributed by atoms with Crippen LogP contribution in [0.3, 0.4) is 0 Å². The summed E-state index contributed by atoms with van der Waals surface area (Å²) in [5.41, 5.74) is 1.01. The molecule has 2 aromatic rings. The van der Waals surface area contributed by atoms with Crippen LogP contribution >= 0.6 is 11.8 Å². The van der Waals surface area contributed by atoms with E-state index in [1.165, 1.54) is 0 Å². The van der Waals surface area contributed by atoms with E-state index in [1.54, 1.807) is 18.0 Å². The van der Waals surface area contributed by atoms with Crippen molar-refractivity contribution >= 4 is 29.6 Å². The Kier molecular flexibility index (Phi) is 5.49. The van der Waals surface area contributed by atoms with Gasteiger partial charge in [0.05, 0.1) is 5.69 Å². The van der Waals surface area contributed by atoms with Crippen molar-refractivity contribution in [1.29, 1.82) is 0 Å². The Morgan fingerprint density at radius 3 is 2.70 bits per heavy atom. The highest BCUT2D eigenvalue weighted by molar-refractivity contribution is 8.02. The summed E-state index contributed by atoms with van der Waals surface area (Å²) in [6.45, 7) is 5.90. The Labute approximate surface area is 163 Å². The molecule has 2 aliphatic rings.